The number of rotatable bonds is 5. The second-order valence-corrected chi connectivity index (χ2v) is 4.70. The van der Waals surface area contributed by atoms with E-state index in [1.807, 2.05) is 6.07 Å². The fourth-order valence-corrected chi connectivity index (χ4v) is 2.09. The van der Waals surface area contributed by atoms with Crippen LogP contribution in [0.4, 0.5) is 10.1 Å². The summed E-state index contributed by atoms with van der Waals surface area (Å²) in [6, 6.07) is 9.90. The Morgan fingerprint density at radius 1 is 1.21 bits per heavy atom. The Kier molecular flexibility index (Phi) is 5.12. The first kappa shape index (κ1) is 17.0. The average molecular weight is 328 g/mol. The summed E-state index contributed by atoms with van der Waals surface area (Å²) < 4.78 is 24.2. The first-order valence-corrected chi connectivity index (χ1v) is 6.78. The van der Waals surface area contributed by atoms with Gasteiger partial charge in [-0.05, 0) is 35.9 Å². The van der Waals surface area contributed by atoms with Crippen LogP contribution in [-0.4, -0.2) is 19.1 Å². The molecule has 6 nitrogen and oxygen atoms in total. The van der Waals surface area contributed by atoms with Crippen molar-refractivity contribution >= 4 is 17.3 Å². The molecule has 24 heavy (non-hydrogen) atoms. The Bertz CT molecular complexity index is 856. The van der Waals surface area contributed by atoms with E-state index in [-0.39, 0.29) is 16.8 Å². The number of nitrogens with zero attached hydrogens (tertiary/aromatic N) is 2. The minimum absolute atomic E-state index is 0.0458. The van der Waals surface area contributed by atoms with Gasteiger partial charge < -0.3 is 9.47 Å². The maximum Gasteiger partial charge on any atom is 0.270 e. The van der Waals surface area contributed by atoms with E-state index in [1.165, 1.54) is 20.3 Å². The first-order valence-electron chi connectivity index (χ1n) is 6.78. The molecule has 0 saturated carbocycles. The van der Waals surface area contributed by atoms with Crippen molar-refractivity contribution < 1.29 is 18.8 Å². The maximum atomic E-state index is 13.9. The Labute approximate surface area is 137 Å². The predicted octanol–water partition coefficient (Wildman–Crippen LogP) is 3.82. The Morgan fingerprint density at radius 3 is 2.50 bits per heavy atom. The molecule has 0 amide bonds. The standard InChI is InChI=1S/C17H13FN2O4/c1-23-16-6-3-11(9-17(16)24-2)13(10-19)7-12-8-14(20(21)22)4-5-15(12)18/h3-9H,1-2H3/b13-7+. The lowest BCUT2D eigenvalue weighted by atomic mass is 10.0. The molecular formula is C17H13FN2O4. The largest absolute Gasteiger partial charge is 0.493 e. The van der Waals surface area contributed by atoms with Crippen molar-refractivity contribution in [1.82, 2.24) is 0 Å². The molecule has 0 bridgehead atoms. The van der Waals surface area contributed by atoms with Gasteiger partial charge in [-0.3, -0.25) is 10.1 Å². The van der Waals surface area contributed by atoms with Gasteiger partial charge in [0.2, 0.25) is 0 Å². The van der Waals surface area contributed by atoms with Crippen LogP contribution in [0, 0.1) is 27.3 Å². The summed E-state index contributed by atoms with van der Waals surface area (Å²) in [5, 5.41) is 20.2. The number of halogens is 1. The fourth-order valence-electron chi connectivity index (χ4n) is 2.09. The second-order valence-electron chi connectivity index (χ2n) is 4.70. The summed E-state index contributed by atoms with van der Waals surface area (Å²) in [5.41, 5.74) is 0.305. The van der Waals surface area contributed by atoms with Gasteiger partial charge in [0.15, 0.2) is 11.5 Å². The van der Waals surface area contributed by atoms with Crippen LogP contribution in [0.3, 0.4) is 0 Å². The summed E-state index contributed by atoms with van der Waals surface area (Å²) in [6.07, 6.45) is 1.25. The first-order chi connectivity index (χ1) is 11.5. The third-order valence-corrected chi connectivity index (χ3v) is 3.31. The van der Waals surface area contributed by atoms with Crippen LogP contribution < -0.4 is 9.47 Å². The van der Waals surface area contributed by atoms with Gasteiger partial charge in [-0.2, -0.15) is 5.26 Å². The van der Waals surface area contributed by atoms with Crippen molar-refractivity contribution in [1.29, 1.82) is 5.26 Å². The van der Waals surface area contributed by atoms with E-state index in [0.717, 1.165) is 18.2 Å². The molecule has 0 aliphatic carbocycles. The quantitative estimate of drug-likeness (QED) is 0.360. The molecule has 2 rings (SSSR count). The predicted molar refractivity (Wildman–Crippen MR) is 86.1 cm³/mol. The average Bonchev–Trinajstić information content (AvgIpc) is 2.60. The number of benzene rings is 2. The highest BCUT2D eigenvalue weighted by atomic mass is 19.1. The van der Waals surface area contributed by atoms with Gasteiger partial charge in [0, 0.05) is 17.7 Å². The minimum atomic E-state index is -0.658. The number of non-ortho nitro benzene ring substituents is 1. The molecule has 2 aromatic rings. The minimum Gasteiger partial charge on any atom is -0.493 e. The molecule has 0 radical (unpaired) electrons. The monoisotopic (exact) mass is 328 g/mol. The van der Waals surface area contributed by atoms with Crippen molar-refractivity contribution in [2.24, 2.45) is 0 Å². The zero-order valence-electron chi connectivity index (χ0n) is 12.9. The van der Waals surface area contributed by atoms with E-state index in [1.54, 1.807) is 18.2 Å². The Hall–Kier alpha value is -3.40. The topological polar surface area (TPSA) is 85.4 Å². The highest BCUT2D eigenvalue weighted by Gasteiger charge is 2.12. The van der Waals surface area contributed by atoms with Gasteiger partial charge in [0.05, 0.1) is 30.8 Å². The van der Waals surface area contributed by atoms with Crippen LogP contribution in [0.15, 0.2) is 36.4 Å². The highest BCUT2D eigenvalue weighted by molar-refractivity contribution is 5.90. The molecule has 2 aromatic carbocycles. The van der Waals surface area contributed by atoms with Crippen molar-refractivity contribution in [3.05, 3.63) is 63.5 Å². The van der Waals surface area contributed by atoms with Crippen LogP contribution >= 0.6 is 0 Å². The van der Waals surface area contributed by atoms with E-state index < -0.39 is 10.7 Å². The molecule has 0 saturated heterocycles. The van der Waals surface area contributed by atoms with Crippen LogP contribution in [0.2, 0.25) is 0 Å². The zero-order valence-corrected chi connectivity index (χ0v) is 12.9. The smallest absolute Gasteiger partial charge is 0.270 e. The second kappa shape index (κ2) is 7.24. The number of nitriles is 1. The third kappa shape index (κ3) is 3.50. The summed E-state index contributed by atoms with van der Waals surface area (Å²) in [5.74, 6) is 0.240. The summed E-state index contributed by atoms with van der Waals surface area (Å²) in [6.45, 7) is 0. The van der Waals surface area contributed by atoms with Gasteiger partial charge in [-0.15, -0.1) is 0 Å². The number of nitro benzene ring substituents is 1. The zero-order chi connectivity index (χ0) is 17.7. The maximum absolute atomic E-state index is 13.9. The molecule has 0 aromatic heterocycles. The van der Waals surface area contributed by atoms with Crippen LogP contribution in [0.5, 0.6) is 11.5 Å². The molecule has 0 heterocycles. The van der Waals surface area contributed by atoms with Crippen molar-refractivity contribution in [3.63, 3.8) is 0 Å². The van der Waals surface area contributed by atoms with E-state index in [4.69, 9.17) is 9.47 Å². The number of allylic oxidation sites excluding steroid dienone is 1. The SMILES string of the molecule is COc1ccc(/C(C#N)=C/c2cc([N+](=O)[O-])ccc2F)cc1OC. The van der Waals surface area contributed by atoms with Gasteiger partial charge >= 0.3 is 0 Å². The molecule has 0 fully saturated rings. The van der Waals surface area contributed by atoms with Gasteiger partial charge in [0.1, 0.15) is 5.82 Å². The molecule has 0 spiro atoms. The molecule has 7 heteroatoms. The van der Waals surface area contributed by atoms with E-state index >= 15 is 0 Å². The molecule has 0 aliphatic rings. The van der Waals surface area contributed by atoms with E-state index in [0.29, 0.717) is 17.1 Å². The van der Waals surface area contributed by atoms with Crippen molar-refractivity contribution in [2.75, 3.05) is 14.2 Å². The van der Waals surface area contributed by atoms with Crippen LogP contribution in [-0.2, 0) is 0 Å². The highest BCUT2D eigenvalue weighted by Crippen LogP contribution is 2.31. The Morgan fingerprint density at radius 2 is 1.92 bits per heavy atom. The normalized spacial score (nSPS) is 10.8. The molecular weight excluding hydrogens is 315 g/mol. The summed E-state index contributed by atoms with van der Waals surface area (Å²) in [4.78, 5) is 10.2. The number of ether oxygens (including phenoxy) is 2. The molecule has 0 aliphatic heterocycles. The van der Waals surface area contributed by atoms with Gasteiger partial charge in [-0.1, -0.05) is 0 Å². The fraction of sp³-hybridized carbons (Fsp3) is 0.118. The van der Waals surface area contributed by atoms with Gasteiger partial charge in [-0.25, -0.2) is 4.39 Å². The van der Waals surface area contributed by atoms with Crippen LogP contribution in [0.25, 0.3) is 11.6 Å². The van der Waals surface area contributed by atoms with E-state index in [9.17, 15) is 19.8 Å². The molecule has 0 unspecified atom stereocenters. The lowest BCUT2D eigenvalue weighted by molar-refractivity contribution is -0.384. The van der Waals surface area contributed by atoms with Crippen LogP contribution in [0.1, 0.15) is 11.1 Å². The van der Waals surface area contributed by atoms with Crippen molar-refractivity contribution in [3.8, 4) is 17.6 Å². The Balaban J connectivity index is 2.53. The molecule has 0 atom stereocenters. The third-order valence-electron chi connectivity index (χ3n) is 3.31. The van der Waals surface area contributed by atoms with Crippen molar-refractivity contribution in [2.45, 2.75) is 0 Å². The number of methoxy groups -OCH3 is 2. The lowest BCUT2D eigenvalue weighted by Crippen LogP contribution is -1.93. The van der Waals surface area contributed by atoms with E-state index in [2.05, 4.69) is 0 Å². The number of hydrogen-bond donors (Lipinski definition) is 0. The number of nitro groups is 1. The molecule has 122 valence electrons. The lowest BCUT2D eigenvalue weighted by Gasteiger charge is -2.09. The number of hydrogen-bond acceptors (Lipinski definition) is 5. The summed E-state index contributed by atoms with van der Waals surface area (Å²) >= 11 is 0. The molecule has 0 N–H and O–H groups in total. The van der Waals surface area contributed by atoms with Gasteiger partial charge in [0.25, 0.3) is 5.69 Å². The summed E-state index contributed by atoms with van der Waals surface area (Å²) in [7, 11) is 2.94.